The molecule has 0 aliphatic heterocycles. The van der Waals surface area contributed by atoms with Crippen LogP contribution in [-0.2, 0) is 13.1 Å². The molecule has 0 amide bonds. The fourth-order valence-electron chi connectivity index (χ4n) is 1.85. The zero-order valence-corrected chi connectivity index (χ0v) is 15.4. The van der Waals surface area contributed by atoms with Crippen LogP contribution >= 0.6 is 0 Å². The monoisotopic (exact) mass is 308 g/mol. The summed E-state index contributed by atoms with van der Waals surface area (Å²) in [6.07, 6.45) is 0. The van der Waals surface area contributed by atoms with Crippen LogP contribution in [0.4, 0.5) is 0 Å². The van der Waals surface area contributed by atoms with E-state index in [-0.39, 0.29) is 0 Å². The minimum absolute atomic E-state index is 0.947. The Morgan fingerprint density at radius 3 is 1.27 bits per heavy atom. The van der Waals surface area contributed by atoms with Crippen LogP contribution in [0, 0.1) is 0 Å². The topological polar surface area (TPSA) is 30.5 Å². The molecule has 0 spiro atoms. The molecule has 0 fully saturated rings. The van der Waals surface area contributed by atoms with Crippen LogP contribution < -0.4 is 10.6 Å². The predicted octanol–water partition coefficient (Wildman–Crippen LogP) is 2.02. The molecular weight excluding hydrogens is 272 g/mol. The average Bonchev–Trinajstić information content (AvgIpc) is 2.51. The van der Waals surface area contributed by atoms with Gasteiger partial charge in [0.1, 0.15) is 0 Å². The molecule has 4 nitrogen and oxygen atoms in total. The van der Waals surface area contributed by atoms with Crippen LogP contribution in [0.15, 0.2) is 24.3 Å². The minimum Gasteiger partial charge on any atom is -0.311 e. The predicted molar refractivity (Wildman–Crippen MR) is 98.3 cm³/mol. The highest BCUT2D eigenvalue weighted by molar-refractivity contribution is 5.22. The molecule has 1 rings (SSSR count). The summed E-state index contributed by atoms with van der Waals surface area (Å²) in [6.45, 7) is 10.1. The number of hydrogen-bond donors (Lipinski definition) is 2. The molecule has 2 N–H and O–H groups in total. The summed E-state index contributed by atoms with van der Waals surface area (Å²) in [5.74, 6) is 0. The number of nitrogens with zero attached hydrogens (tertiary/aromatic N) is 2. The van der Waals surface area contributed by atoms with Gasteiger partial charge in [-0.2, -0.15) is 0 Å². The van der Waals surface area contributed by atoms with Gasteiger partial charge in [0.2, 0.25) is 0 Å². The van der Waals surface area contributed by atoms with Crippen molar-refractivity contribution in [3.8, 4) is 0 Å². The Hall–Kier alpha value is -0.940. The summed E-state index contributed by atoms with van der Waals surface area (Å²) < 4.78 is 0. The van der Waals surface area contributed by atoms with Gasteiger partial charge in [0, 0.05) is 39.3 Å². The van der Waals surface area contributed by atoms with Crippen molar-refractivity contribution in [1.82, 2.24) is 20.4 Å². The fourth-order valence-corrected chi connectivity index (χ4v) is 1.85. The van der Waals surface area contributed by atoms with Gasteiger partial charge in [0.05, 0.1) is 0 Å². The molecular formula is C18H36N4. The van der Waals surface area contributed by atoms with E-state index in [1.54, 1.807) is 0 Å². The van der Waals surface area contributed by atoms with Gasteiger partial charge < -0.3 is 20.4 Å². The fraction of sp³-hybridized carbons (Fsp3) is 0.667. The summed E-state index contributed by atoms with van der Waals surface area (Å²) in [7, 11) is 8.39. The van der Waals surface area contributed by atoms with Gasteiger partial charge in [0.15, 0.2) is 0 Å². The molecule has 0 bridgehead atoms. The number of benzene rings is 1. The van der Waals surface area contributed by atoms with Crippen molar-refractivity contribution < 1.29 is 0 Å². The van der Waals surface area contributed by atoms with Gasteiger partial charge in [-0.25, -0.2) is 0 Å². The number of likely N-dealkylation sites (N-methyl/N-ethyl adjacent to an activating group) is 2. The van der Waals surface area contributed by atoms with E-state index in [4.69, 9.17) is 0 Å². The third-order valence-corrected chi connectivity index (χ3v) is 3.15. The lowest BCUT2D eigenvalue weighted by atomic mass is 10.1. The third-order valence-electron chi connectivity index (χ3n) is 3.15. The Kier molecular flexibility index (Phi) is 13.1. The van der Waals surface area contributed by atoms with Crippen molar-refractivity contribution in [2.45, 2.75) is 26.9 Å². The molecule has 1 aromatic carbocycles. The summed E-state index contributed by atoms with van der Waals surface area (Å²) >= 11 is 0. The van der Waals surface area contributed by atoms with E-state index in [9.17, 15) is 0 Å². The molecule has 0 aromatic heterocycles. The standard InChI is InChI=1S/C16H30N4.C2H6/c1-19(2)11-9-17-13-15-5-7-16(8-6-15)14-18-10-12-20(3)4;1-2/h5-8,17-18H,9-14H2,1-4H3;1-2H3. The largest absolute Gasteiger partial charge is 0.311 e. The molecule has 22 heavy (non-hydrogen) atoms. The highest BCUT2D eigenvalue weighted by Crippen LogP contribution is 2.04. The molecule has 0 heterocycles. The third kappa shape index (κ3) is 11.7. The lowest BCUT2D eigenvalue weighted by Gasteiger charge is -2.11. The van der Waals surface area contributed by atoms with E-state index in [2.05, 4.69) is 72.9 Å². The first-order chi connectivity index (χ1) is 10.6. The SMILES string of the molecule is CC.CN(C)CCNCc1ccc(CNCCN(C)C)cc1. The van der Waals surface area contributed by atoms with Crippen molar-refractivity contribution in [3.63, 3.8) is 0 Å². The first kappa shape index (κ1) is 21.1. The Morgan fingerprint density at radius 2 is 1.00 bits per heavy atom. The molecule has 128 valence electrons. The van der Waals surface area contributed by atoms with Gasteiger partial charge in [-0.15, -0.1) is 0 Å². The minimum atomic E-state index is 0.947. The van der Waals surface area contributed by atoms with Crippen molar-refractivity contribution in [2.75, 3.05) is 54.4 Å². The Balaban J connectivity index is 0.00000211. The zero-order valence-electron chi connectivity index (χ0n) is 15.4. The van der Waals surface area contributed by atoms with Crippen molar-refractivity contribution in [2.24, 2.45) is 0 Å². The van der Waals surface area contributed by atoms with Crippen LogP contribution in [0.1, 0.15) is 25.0 Å². The summed E-state index contributed by atoms with van der Waals surface area (Å²) in [4.78, 5) is 4.38. The Morgan fingerprint density at radius 1 is 0.682 bits per heavy atom. The van der Waals surface area contributed by atoms with Crippen molar-refractivity contribution in [1.29, 1.82) is 0 Å². The highest BCUT2D eigenvalue weighted by atomic mass is 15.1. The van der Waals surface area contributed by atoms with Crippen molar-refractivity contribution >= 4 is 0 Å². The molecule has 0 atom stereocenters. The van der Waals surface area contributed by atoms with Crippen LogP contribution in [0.3, 0.4) is 0 Å². The molecule has 0 aliphatic carbocycles. The van der Waals surface area contributed by atoms with Gasteiger partial charge in [-0.1, -0.05) is 38.1 Å². The first-order valence-electron chi connectivity index (χ1n) is 8.36. The summed E-state index contributed by atoms with van der Waals surface area (Å²) in [5.41, 5.74) is 2.70. The first-order valence-corrected chi connectivity index (χ1v) is 8.36. The number of nitrogens with one attached hydrogen (secondary N) is 2. The van der Waals surface area contributed by atoms with E-state index in [0.29, 0.717) is 0 Å². The second-order valence-electron chi connectivity index (χ2n) is 5.78. The van der Waals surface area contributed by atoms with E-state index in [0.717, 1.165) is 39.3 Å². The quantitative estimate of drug-likeness (QED) is 0.648. The molecule has 0 saturated carbocycles. The van der Waals surface area contributed by atoms with E-state index >= 15 is 0 Å². The highest BCUT2D eigenvalue weighted by Gasteiger charge is 1.96. The molecule has 1 aromatic rings. The lowest BCUT2D eigenvalue weighted by molar-refractivity contribution is 0.399. The number of hydrogen-bond acceptors (Lipinski definition) is 4. The average molecular weight is 309 g/mol. The smallest absolute Gasteiger partial charge is 0.0206 e. The van der Waals surface area contributed by atoms with Crippen LogP contribution in [-0.4, -0.2) is 64.2 Å². The summed E-state index contributed by atoms with van der Waals surface area (Å²) in [6, 6.07) is 8.86. The van der Waals surface area contributed by atoms with Gasteiger partial charge >= 0.3 is 0 Å². The van der Waals surface area contributed by atoms with Crippen LogP contribution in [0.5, 0.6) is 0 Å². The maximum Gasteiger partial charge on any atom is 0.0206 e. The van der Waals surface area contributed by atoms with E-state index in [1.807, 2.05) is 13.8 Å². The summed E-state index contributed by atoms with van der Waals surface area (Å²) in [5, 5.41) is 6.91. The zero-order chi connectivity index (χ0) is 16.8. The molecule has 0 saturated heterocycles. The maximum atomic E-state index is 3.45. The van der Waals surface area contributed by atoms with Gasteiger partial charge in [-0.3, -0.25) is 0 Å². The second-order valence-corrected chi connectivity index (χ2v) is 5.78. The molecule has 0 aliphatic rings. The van der Waals surface area contributed by atoms with Crippen LogP contribution in [0.25, 0.3) is 0 Å². The van der Waals surface area contributed by atoms with Gasteiger partial charge in [-0.05, 0) is 39.3 Å². The molecule has 4 heteroatoms. The second kappa shape index (κ2) is 13.7. The Bertz CT molecular complexity index is 312. The molecule has 0 unspecified atom stereocenters. The van der Waals surface area contributed by atoms with Crippen molar-refractivity contribution in [3.05, 3.63) is 35.4 Å². The van der Waals surface area contributed by atoms with Crippen LogP contribution in [0.2, 0.25) is 0 Å². The normalized spacial score (nSPS) is 10.7. The lowest BCUT2D eigenvalue weighted by Crippen LogP contribution is -2.26. The molecule has 0 radical (unpaired) electrons. The van der Waals surface area contributed by atoms with Gasteiger partial charge in [0.25, 0.3) is 0 Å². The maximum absolute atomic E-state index is 3.45. The van der Waals surface area contributed by atoms with E-state index in [1.165, 1.54) is 11.1 Å². The Labute approximate surface area is 137 Å². The number of rotatable bonds is 10. The van der Waals surface area contributed by atoms with E-state index < -0.39 is 0 Å².